The molecule has 0 saturated carbocycles. The minimum absolute atomic E-state index is 0.187. The van der Waals surface area contributed by atoms with Crippen molar-refractivity contribution in [3.8, 4) is 134 Å². The molecule has 0 saturated heterocycles. The Morgan fingerprint density at radius 1 is 0.145 bits per heavy atom. The van der Waals surface area contributed by atoms with Gasteiger partial charge in [0, 0.05) is 11.8 Å². The van der Waals surface area contributed by atoms with Crippen LogP contribution in [-0.2, 0) is 0 Å². The van der Waals surface area contributed by atoms with Crippen LogP contribution in [0.25, 0.3) is 134 Å². The molecule has 0 fully saturated rings. The first-order chi connectivity index (χ1) is 53.4. The largest absolute Gasteiger partial charge is 0.478 e. The van der Waals surface area contributed by atoms with Crippen molar-refractivity contribution < 1.29 is 59.4 Å². The van der Waals surface area contributed by atoms with Crippen molar-refractivity contribution in [3.05, 3.63) is 394 Å². The molecule has 3 aliphatic carbocycles. The SMILES string of the molecule is O=C(O)c1ccc(-c2ccc(-c3cc4c(cc3-c3ccc(-c5ccc(C(=O)O)cc5)cc3)C3c5cc(-c6ccc(-c7ccc(C(=O)O)cc7)cc6)c(-c6ccc(-c7ccc(C(=O)O)cc7)cc6)cc5C4c4cc(-c5ccc(-c6ccc(C(=O)O)cc6)cc5)c(-c5ccc(-c6ccc(C(=O)O)cc6)cc5)cc43)cc2)cc1. The van der Waals surface area contributed by atoms with Gasteiger partial charge in [-0.1, -0.05) is 218 Å². The first-order valence-corrected chi connectivity index (χ1v) is 35.6. The summed E-state index contributed by atoms with van der Waals surface area (Å²) in [6.07, 6.45) is 0. The van der Waals surface area contributed by atoms with Crippen LogP contribution in [0.15, 0.2) is 328 Å². The molecule has 526 valence electrons. The van der Waals surface area contributed by atoms with Gasteiger partial charge in [-0.2, -0.15) is 0 Å². The molecule has 15 aromatic carbocycles. The molecule has 0 atom stereocenters. The van der Waals surface area contributed by atoms with E-state index in [1.165, 1.54) is 0 Å². The van der Waals surface area contributed by atoms with Gasteiger partial charge in [0.15, 0.2) is 0 Å². The van der Waals surface area contributed by atoms with Crippen molar-refractivity contribution in [3.63, 3.8) is 0 Å². The lowest BCUT2D eigenvalue weighted by Gasteiger charge is -2.44. The molecule has 0 radical (unpaired) electrons. The van der Waals surface area contributed by atoms with E-state index >= 15 is 0 Å². The fourth-order valence-electron chi connectivity index (χ4n) is 15.7. The molecule has 18 rings (SSSR count). The predicted molar refractivity (Wildman–Crippen MR) is 428 cm³/mol. The molecular formula is C98H62O12. The molecule has 0 amide bonds. The Morgan fingerprint density at radius 2 is 0.236 bits per heavy atom. The fourth-order valence-corrected chi connectivity index (χ4v) is 15.7. The van der Waals surface area contributed by atoms with E-state index in [0.29, 0.717) is 0 Å². The molecule has 0 spiro atoms. The van der Waals surface area contributed by atoms with E-state index in [1.54, 1.807) is 72.8 Å². The lowest BCUT2D eigenvalue weighted by atomic mass is 9.59. The molecule has 12 heteroatoms. The van der Waals surface area contributed by atoms with Gasteiger partial charge in [-0.3, -0.25) is 0 Å². The summed E-state index contributed by atoms with van der Waals surface area (Å²) in [5, 5.41) is 58.7. The van der Waals surface area contributed by atoms with E-state index in [4.69, 9.17) is 0 Å². The van der Waals surface area contributed by atoms with Gasteiger partial charge in [0.1, 0.15) is 0 Å². The van der Waals surface area contributed by atoms with Crippen LogP contribution in [0.3, 0.4) is 0 Å². The molecule has 0 unspecified atom stereocenters. The Kier molecular flexibility index (Phi) is 17.3. The van der Waals surface area contributed by atoms with Crippen LogP contribution < -0.4 is 0 Å². The number of carbonyl (C=O) groups is 6. The lowest BCUT2D eigenvalue weighted by Crippen LogP contribution is -2.28. The smallest absolute Gasteiger partial charge is 0.335 e. The van der Waals surface area contributed by atoms with Gasteiger partial charge in [-0.15, -0.1) is 0 Å². The molecule has 6 N–H and O–H groups in total. The first kappa shape index (κ1) is 68.2. The minimum Gasteiger partial charge on any atom is -0.478 e. The molecule has 12 nitrogen and oxygen atoms in total. The van der Waals surface area contributed by atoms with Crippen LogP contribution in [0.4, 0.5) is 0 Å². The molecular weight excluding hydrogens is 1370 g/mol. The molecule has 2 bridgehead atoms. The highest BCUT2D eigenvalue weighted by Crippen LogP contribution is 2.61. The summed E-state index contributed by atoms with van der Waals surface area (Å²) < 4.78 is 0. The molecule has 3 aliphatic rings. The van der Waals surface area contributed by atoms with E-state index in [9.17, 15) is 59.4 Å². The molecule has 15 aromatic rings. The van der Waals surface area contributed by atoms with Crippen LogP contribution in [0.2, 0.25) is 0 Å². The summed E-state index contributed by atoms with van der Waals surface area (Å²) in [5.74, 6) is -6.83. The Balaban J connectivity index is 0.898. The number of benzene rings is 15. The highest BCUT2D eigenvalue weighted by Gasteiger charge is 2.44. The van der Waals surface area contributed by atoms with E-state index < -0.39 is 35.8 Å². The van der Waals surface area contributed by atoms with E-state index in [0.717, 1.165) is 167 Å². The van der Waals surface area contributed by atoms with Crippen molar-refractivity contribution in [2.75, 3.05) is 0 Å². The Bertz CT molecular complexity index is 5210. The Hall–Kier alpha value is -14.9. The monoisotopic (exact) mass is 1430 g/mol. The van der Waals surface area contributed by atoms with Crippen molar-refractivity contribution in [1.29, 1.82) is 0 Å². The lowest BCUT2D eigenvalue weighted by molar-refractivity contribution is 0.0686. The summed E-state index contributed by atoms with van der Waals surface area (Å²) in [6, 6.07) is 105. The maximum atomic E-state index is 12.0. The van der Waals surface area contributed by atoms with Crippen LogP contribution in [0, 0.1) is 0 Å². The molecule has 0 aromatic heterocycles. The van der Waals surface area contributed by atoms with Crippen molar-refractivity contribution in [1.82, 2.24) is 0 Å². The van der Waals surface area contributed by atoms with E-state index in [2.05, 4.69) is 182 Å². The molecule has 0 heterocycles. The highest BCUT2D eigenvalue weighted by atomic mass is 16.4. The first-order valence-electron chi connectivity index (χ1n) is 35.6. The van der Waals surface area contributed by atoms with Gasteiger partial charge in [-0.05, 0) is 276 Å². The van der Waals surface area contributed by atoms with Gasteiger partial charge in [0.2, 0.25) is 0 Å². The minimum atomic E-state index is -1.01. The van der Waals surface area contributed by atoms with Gasteiger partial charge in [0.05, 0.1) is 33.4 Å². The summed E-state index contributed by atoms with van der Waals surface area (Å²) in [6.45, 7) is 0. The third-order valence-corrected chi connectivity index (χ3v) is 21.5. The van der Waals surface area contributed by atoms with Gasteiger partial charge in [0.25, 0.3) is 0 Å². The maximum Gasteiger partial charge on any atom is 0.335 e. The second-order valence-corrected chi connectivity index (χ2v) is 27.7. The summed E-state index contributed by atoms with van der Waals surface area (Å²) >= 11 is 0. The third kappa shape index (κ3) is 12.7. The number of hydrogen-bond acceptors (Lipinski definition) is 6. The van der Waals surface area contributed by atoms with Crippen molar-refractivity contribution in [2.24, 2.45) is 0 Å². The highest BCUT2D eigenvalue weighted by molar-refractivity contribution is 5.97. The number of hydrogen-bond donors (Lipinski definition) is 6. The van der Waals surface area contributed by atoms with E-state index in [-0.39, 0.29) is 45.2 Å². The van der Waals surface area contributed by atoms with Crippen molar-refractivity contribution >= 4 is 35.8 Å². The van der Waals surface area contributed by atoms with Gasteiger partial charge >= 0.3 is 35.8 Å². The summed E-state index contributed by atoms with van der Waals surface area (Å²) in [5.41, 5.74) is 29.7. The van der Waals surface area contributed by atoms with Gasteiger partial charge in [-0.25, -0.2) is 28.8 Å². The second kappa shape index (κ2) is 27.9. The fraction of sp³-hybridized carbons (Fsp3) is 0.0204. The zero-order valence-corrected chi connectivity index (χ0v) is 58.5. The predicted octanol–water partition coefficient (Wildman–Crippen LogP) is 22.9. The average molecular weight is 1430 g/mol. The summed E-state index contributed by atoms with van der Waals surface area (Å²) in [7, 11) is 0. The van der Waals surface area contributed by atoms with Crippen LogP contribution in [0.5, 0.6) is 0 Å². The standard InChI is InChI=1S/C98H62O12/c99-93(100)73-37-13-61(14-38-73)55-1-25-67(26-2-55)79-49-85-86(50-80(79)68-27-3-56(4-28-68)62-15-39-74(40-16-62)94(101)102)92-89-53-83(71-33-9-59(10-34-71)65-21-45-77(46-22-65)97(107)108)81(69-29-5-57(6-30-69)63-17-41-75(42-18-63)95(103)104)51-87(89)91(85)88-52-82(70-31-7-58(8-32-70)64-19-43-76(44-20-64)96(105)106)84(54-90(88)92)72-35-11-60(12-36-72)66-23-47-78(48-24-66)98(109)110/h1-54,91-92H,(H,99,100)(H,101,102)(H,103,104)(H,105,106)(H,107,108)(H,109,110). The summed E-state index contributed by atoms with van der Waals surface area (Å²) in [4.78, 5) is 71.7. The number of carboxylic acid groups (broad SMARTS) is 6. The zero-order chi connectivity index (χ0) is 75.6. The quantitative estimate of drug-likeness (QED) is 0.0472. The molecule has 110 heavy (non-hydrogen) atoms. The number of aromatic carboxylic acids is 6. The normalized spacial score (nSPS) is 13.0. The number of carboxylic acids is 6. The Labute approximate surface area is 631 Å². The number of rotatable bonds is 18. The van der Waals surface area contributed by atoms with Crippen LogP contribution >= 0.6 is 0 Å². The third-order valence-electron chi connectivity index (χ3n) is 21.5. The molecule has 0 aliphatic heterocycles. The van der Waals surface area contributed by atoms with Gasteiger partial charge < -0.3 is 30.6 Å². The van der Waals surface area contributed by atoms with E-state index in [1.807, 2.05) is 72.8 Å². The maximum absolute atomic E-state index is 12.0. The zero-order valence-electron chi connectivity index (χ0n) is 58.5. The Morgan fingerprint density at radius 3 is 0.336 bits per heavy atom. The average Bonchev–Trinajstić information content (AvgIpc) is 0.686. The van der Waals surface area contributed by atoms with Crippen LogP contribution in [-0.4, -0.2) is 66.5 Å². The van der Waals surface area contributed by atoms with Crippen LogP contribution in [0.1, 0.15) is 107 Å². The topological polar surface area (TPSA) is 224 Å². The second-order valence-electron chi connectivity index (χ2n) is 27.7. The van der Waals surface area contributed by atoms with Crippen molar-refractivity contribution in [2.45, 2.75) is 11.8 Å².